The van der Waals surface area contributed by atoms with Gasteiger partial charge in [0.2, 0.25) is 0 Å². The third-order valence-electron chi connectivity index (χ3n) is 3.50. The summed E-state index contributed by atoms with van der Waals surface area (Å²) in [5.74, 6) is 0. The molecule has 0 unspecified atom stereocenters. The lowest BCUT2D eigenvalue weighted by Gasteiger charge is -2.11. The molecule has 3 rings (SSSR count). The highest BCUT2D eigenvalue weighted by atomic mass is 35.5. The van der Waals surface area contributed by atoms with Gasteiger partial charge in [-0.15, -0.1) is 5.10 Å². The van der Waals surface area contributed by atoms with Gasteiger partial charge >= 0.3 is 0 Å². The fourth-order valence-corrected chi connectivity index (χ4v) is 2.59. The summed E-state index contributed by atoms with van der Waals surface area (Å²) in [6.07, 6.45) is 0. The maximum atomic E-state index is 9.35. The molecule has 4 nitrogen and oxygen atoms in total. The number of nitriles is 1. The second kappa shape index (κ2) is 5.63. The molecule has 0 aliphatic rings. The van der Waals surface area contributed by atoms with Crippen molar-refractivity contribution in [3.8, 4) is 23.0 Å². The molecule has 0 saturated heterocycles. The lowest BCUT2D eigenvalue weighted by molar-refractivity contribution is 0.801. The van der Waals surface area contributed by atoms with E-state index in [4.69, 9.17) is 11.6 Å². The second-order valence-corrected chi connectivity index (χ2v) is 5.49. The van der Waals surface area contributed by atoms with Gasteiger partial charge in [-0.2, -0.15) is 5.26 Å². The average molecular weight is 309 g/mol. The van der Waals surface area contributed by atoms with E-state index in [0.29, 0.717) is 10.7 Å². The van der Waals surface area contributed by atoms with Crippen molar-refractivity contribution in [2.24, 2.45) is 0 Å². The van der Waals surface area contributed by atoms with Crippen LogP contribution in [0.3, 0.4) is 0 Å². The molecular weight excluding hydrogens is 296 g/mol. The van der Waals surface area contributed by atoms with E-state index in [1.54, 1.807) is 10.7 Å². The first-order chi connectivity index (χ1) is 10.6. The van der Waals surface area contributed by atoms with Gasteiger partial charge < -0.3 is 0 Å². The predicted molar refractivity (Wildman–Crippen MR) is 86.0 cm³/mol. The summed E-state index contributed by atoms with van der Waals surface area (Å²) in [5.41, 5.74) is 4.67. The summed E-state index contributed by atoms with van der Waals surface area (Å²) in [4.78, 5) is 0. The summed E-state index contributed by atoms with van der Waals surface area (Å²) in [7, 11) is 0. The van der Waals surface area contributed by atoms with Gasteiger partial charge in [-0.05, 0) is 37.1 Å². The molecule has 0 amide bonds. The topological polar surface area (TPSA) is 54.5 Å². The SMILES string of the molecule is Cc1ccc(C)c(-n2nnc(C#N)c2-c2ccccc2Cl)c1. The molecule has 5 heteroatoms. The largest absolute Gasteiger partial charge is 0.211 e. The molecule has 0 N–H and O–H groups in total. The monoisotopic (exact) mass is 308 g/mol. The molecule has 0 aliphatic carbocycles. The summed E-state index contributed by atoms with van der Waals surface area (Å²) < 4.78 is 1.68. The van der Waals surface area contributed by atoms with E-state index in [1.165, 1.54) is 0 Å². The molecular formula is C17H13ClN4. The van der Waals surface area contributed by atoms with Crippen LogP contribution in [0.1, 0.15) is 16.8 Å². The van der Waals surface area contributed by atoms with Gasteiger partial charge in [0.15, 0.2) is 5.69 Å². The first-order valence-corrected chi connectivity index (χ1v) is 7.18. The fraction of sp³-hybridized carbons (Fsp3) is 0.118. The summed E-state index contributed by atoms with van der Waals surface area (Å²) in [6, 6.07) is 15.6. The van der Waals surface area contributed by atoms with Gasteiger partial charge in [0.05, 0.1) is 10.7 Å². The number of halogens is 1. The minimum atomic E-state index is 0.258. The van der Waals surface area contributed by atoms with Gasteiger partial charge in [-0.1, -0.05) is 47.1 Å². The Morgan fingerprint density at radius 2 is 1.91 bits per heavy atom. The Kier molecular flexibility index (Phi) is 3.66. The van der Waals surface area contributed by atoms with Crippen molar-refractivity contribution in [1.82, 2.24) is 15.0 Å². The summed E-state index contributed by atoms with van der Waals surface area (Å²) in [5, 5.41) is 18.1. The number of rotatable bonds is 2. The van der Waals surface area contributed by atoms with Gasteiger partial charge in [0.1, 0.15) is 11.8 Å². The maximum absolute atomic E-state index is 9.35. The number of hydrogen-bond acceptors (Lipinski definition) is 3. The normalized spacial score (nSPS) is 10.5. The Hall–Kier alpha value is -2.64. The van der Waals surface area contributed by atoms with Crippen LogP contribution < -0.4 is 0 Å². The van der Waals surface area contributed by atoms with Crippen LogP contribution in [0.2, 0.25) is 5.02 Å². The Morgan fingerprint density at radius 3 is 2.64 bits per heavy atom. The van der Waals surface area contributed by atoms with Crippen LogP contribution in [0.25, 0.3) is 16.9 Å². The van der Waals surface area contributed by atoms with E-state index in [0.717, 1.165) is 22.4 Å². The van der Waals surface area contributed by atoms with E-state index >= 15 is 0 Å². The molecule has 3 aromatic rings. The zero-order valence-electron chi connectivity index (χ0n) is 12.2. The lowest BCUT2D eigenvalue weighted by Crippen LogP contribution is -2.03. The van der Waals surface area contributed by atoms with Crippen LogP contribution >= 0.6 is 11.6 Å². The second-order valence-electron chi connectivity index (χ2n) is 5.08. The van der Waals surface area contributed by atoms with Gasteiger partial charge in [-0.3, -0.25) is 0 Å². The molecule has 22 heavy (non-hydrogen) atoms. The number of benzene rings is 2. The predicted octanol–water partition coefficient (Wildman–Crippen LogP) is 4.08. The summed E-state index contributed by atoms with van der Waals surface area (Å²) >= 11 is 6.30. The highest BCUT2D eigenvalue weighted by Gasteiger charge is 2.19. The molecule has 1 aromatic heterocycles. The summed E-state index contributed by atoms with van der Waals surface area (Å²) in [6.45, 7) is 4.01. The Bertz CT molecular complexity index is 890. The van der Waals surface area contributed by atoms with Crippen molar-refractivity contribution < 1.29 is 0 Å². The van der Waals surface area contributed by atoms with Crippen LogP contribution in [-0.2, 0) is 0 Å². The zero-order chi connectivity index (χ0) is 15.7. The minimum absolute atomic E-state index is 0.258. The fourth-order valence-electron chi connectivity index (χ4n) is 2.37. The molecule has 0 aliphatic heterocycles. The van der Waals surface area contributed by atoms with Crippen molar-refractivity contribution in [2.45, 2.75) is 13.8 Å². The average Bonchev–Trinajstić information content (AvgIpc) is 2.93. The van der Waals surface area contributed by atoms with Crippen molar-refractivity contribution in [1.29, 1.82) is 5.26 Å². The van der Waals surface area contributed by atoms with Crippen molar-refractivity contribution in [2.75, 3.05) is 0 Å². The van der Waals surface area contributed by atoms with E-state index in [-0.39, 0.29) is 5.69 Å². The van der Waals surface area contributed by atoms with E-state index in [1.807, 2.05) is 50.2 Å². The lowest BCUT2D eigenvalue weighted by atomic mass is 10.1. The zero-order valence-corrected chi connectivity index (χ0v) is 13.0. The quantitative estimate of drug-likeness (QED) is 0.717. The van der Waals surface area contributed by atoms with Crippen molar-refractivity contribution >= 4 is 11.6 Å². The van der Waals surface area contributed by atoms with Crippen LogP contribution in [0.5, 0.6) is 0 Å². The molecule has 0 atom stereocenters. The Balaban J connectivity index is 2.32. The first-order valence-electron chi connectivity index (χ1n) is 6.80. The number of nitrogens with zero attached hydrogens (tertiary/aromatic N) is 4. The molecule has 0 spiro atoms. The number of hydrogen-bond donors (Lipinski definition) is 0. The van der Waals surface area contributed by atoms with Crippen LogP contribution in [0.15, 0.2) is 42.5 Å². The third-order valence-corrected chi connectivity index (χ3v) is 3.83. The van der Waals surface area contributed by atoms with E-state index in [9.17, 15) is 5.26 Å². The maximum Gasteiger partial charge on any atom is 0.191 e. The van der Waals surface area contributed by atoms with E-state index in [2.05, 4.69) is 16.4 Å². The molecule has 0 radical (unpaired) electrons. The van der Waals surface area contributed by atoms with E-state index < -0.39 is 0 Å². The highest BCUT2D eigenvalue weighted by Crippen LogP contribution is 2.31. The van der Waals surface area contributed by atoms with Crippen LogP contribution in [0.4, 0.5) is 0 Å². The first kappa shape index (κ1) is 14.3. The van der Waals surface area contributed by atoms with Crippen molar-refractivity contribution in [3.63, 3.8) is 0 Å². The molecule has 1 heterocycles. The molecule has 0 bridgehead atoms. The molecule has 108 valence electrons. The Morgan fingerprint density at radius 1 is 1.14 bits per heavy atom. The van der Waals surface area contributed by atoms with Crippen LogP contribution in [0, 0.1) is 25.2 Å². The standard InChI is InChI=1S/C17H13ClN4/c1-11-7-8-12(2)16(9-11)22-17(15(10-19)20-21-22)13-5-3-4-6-14(13)18/h3-9H,1-2H3. The highest BCUT2D eigenvalue weighted by molar-refractivity contribution is 6.33. The third kappa shape index (κ3) is 2.36. The number of aromatic nitrogens is 3. The smallest absolute Gasteiger partial charge is 0.191 e. The van der Waals surface area contributed by atoms with Crippen LogP contribution in [-0.4, -0.2) is 15.0 Å². The molecule has 0 saturated carbocycles. The van der Waals surface area contributed by atoms with Gasteiger partial charge in [-0.25, -0.2) is 4.68 Å². The molecule has 0 fully saturated rings. The van der Waals surface area contributed by atoms with Gasteiger partial charge in [0.25, 0.3) is 0 Å². The molecule has 2 aromatic carbocycles. The van der Waals surface area contributed by atoms with Crippen molar-refractivity contribution in [3.05, 3.63) is 64.3 Å². The minimum Gasteiger partial charge on any atom is -0.211 e. The van der Waals surface area contributed by atoms with Gasteiger partial charge in [0, 0.05) is 5.56 Å². The number of aryl methyl sites for hydroxylation is 2. The Labute approximate surface area is 133 Å².